The first-order valence-electron chi connectivity index (χ1n) is 9.19. The molecule has 1 aromatic heterocycles. The van der Waals surface area contributed by atoms with Gasteiger partial charge in [0.15, 0.2) is 11.5 Å². The van der Waals surface area contributed by atoms with E-state index in [1.165, 1.54) is 6.07 Å². The van der Waals surface area contributed by atoms with Crippen LogP contribution in [0.2, 0.25) is 5.02 Å². The Kier molecular flexibility index (Phi) is 7.86. The van der Waals surface area contributed by atoms with Crippen molar-refractivity contribution in [2.75, 3.05) is 6.61 Å². The number of hydrogen-bond acceptors (Lipinski definition) is 4. The summed E-state index contributed by atoms with van der Waals surface area (Å²) in [5.41, 5.74) is 2.44. The van der Waals surface area contributed by atoms with Gasteiger partial charge >= 0.3 is 0 Å². The van der Waals surface area contributed by atoms with E-state index in [1.807, 2.05) is 37.4 Å². The van der Waals surface area contributed by atoms with Gasteiger partial charge in [0.1, 0.15) is 12.4 Å². The Labute approximate surface area is 183 Å². The highest BCUT2D eigenvalue weighted by molar-refractivity contribution is 9.10. The Balaban J connectivity index is 1.71. The second-order valence-corrected chi connectivity index (χ2v) is 7.54. The fraction of sp³-hybridized carbons (Fsp3) is 0.227. The molecule has 0 radical (unpaired) electrons. The summed E-state index contributed by atoms with van der Waals surface area (Å²) >= 11 is 9.67. The average molecular weight is 480 g/mol. The number of benzene rings is 2. The molecular weight excluding hydrogens is 459 g/mol. The molecule has 0 aliphatic carbocycles. The molecule has 1 heterocycles. The van der Waals surface area contributed by atoms with Crippen LogP contribution >= 0.6 is 27.5 Å². The number of pyridine rings is 1. The molecule has 0 saturated carbocycles. The molecule has 3 aromatic rings. The third-order valence-electron chi connectivity index (χ3n) is 4.21. The number of nitrogens with one attached hydrogen (secondary N) is 1. The van der Waals surface area contributed by atoms with Crippen LogP contribution in [0, 0.1) is 5.82 Å². The Morgan fingerprint density at radius 2 is 1.93 bits per heavy atom. The van der Waals surface area contributed by atoms with Crippen molar-refractivity contribution < 1.29 is 13.9 Å². The molecule has 0 atom stereocenters. The fourth-order valence-electron chi connectivity index (χ4n) is 2.76. The van der Waals surface area contributed by atoms with Crippen molar-refractivity contribution in [1.82, 2.24) is 10.3 Å². The molecule has 7 heteroatoms. The van der Waals surface area contributed by atoms with Crippen LogP contribution in [0.4, 0.5) is 4.39 Å². The smallest absolute Gasteiger partial charge is 0.162 e. The molecule has 0 unspecified atom stereocenters. The Bertz CT molecular complexity index is 937. The molecular formula is C22H21BrClFN2O2. The van der Waals surface area contributed by atoms with Crippen LogP contribution in [0.5, 0.6) is 11.5 Å². The zero-order chi connectivity index (χ0) is 20.6. The normalized spacial score (nSPS) is 10.8. The van der Waals surface area contributed by atoms with Gasteiger partial charge in [-0.2, -0.15) is 0 Å². The molecule has 152 valence electrons. The summed E-state index contributed by atoms with van der Waals surface area (Å²) in [6, 6.07) is 12.2. The van der Waals surface area contributed by atoms with Gasteiger partial charge in [-0.15, -0.1) is 0 Å². The van der Waals surface area contributed by atoms with Crippen LogP contribution in [-0.2, 0) is 19.7 Å². The Hall–Kier alpha value is -2.15. The lowest BCUT2D eigenvalue weighted by atomic mass is 10.2. The van der Waals surface area contributed by atoms with Crippen LogP contribution in [0.25, 0.3) is 0 Å². The second-order valence-electron chi connectivity index (χ2n) is 6.28. The predicted octanol–water partition coefficient (Wildman–Crippen LogP) is 5.90. The number of hydrogen-bond donors (Lipinski definition) is 1. The lowest BCUT2D eigenvalue weighted by Crippen LogP contribution is -2.13. The molecule has 1 N–H and O–H groups in total. The maximum Gasteiger partial charge on any atom is 0.162 e. The summed E-state index contributed by atoms with van der Waals surface area (Å²) in [5.74, 6) is 0.723. The Morgan fingerprint density at radius 3 is 2.66 bits per heavy atom. The van der Waals surface area contributed by atoms with Gasteiger partial charge in [-0.3, -0.25) is 4.98 Å². The van der Waals surface area contributed by atoms with E-state index < -0.39 is 5.82 Å². The highest BCUT2D eigenvalue weighted by Gasteiger charge is 2.13. The highest BCUT2D eigenvalue weighted by atomic mass is 79.9. The first kappa shape index (κ1) is 21.6. The highest BCUT2D eigenvalue weighted by Crippen LogP contribution is 2.35. The summed E-state index contributed by atoms with van der Waals surface area (Å²) < 4.78 is 26.5. The monoisotopic (exact) mass is 478 g/mol. The summed E-state index contributed by atoms with van der Waals surface area (Å²) in [4.78, 5) is 4.11. The van der Waals surface area contributed by atoms with Crippen molar-refractivity contribution in [2.24, 2.45) is 0 Å². The van der Waals surface area contributed by atoms with E-state index in [9.17, 15) is 4.39 Å². The molecule has 2 aromatic carbocycles. The van der Waals surface area contributed by atoms with Crippen LogP contribution in [0.15, 0.2) is 59.3 Å². The summed E-state index contributed by atoms with van der Waals surface area (Å²) in [6.45, 7) is 3.74. The van der Waals surface area contributed by atoms with Crippen LogP contribution in [0.3, 0.4) is 0 Å². The molecule has 0 aliphatic rings. The molecule has 4 nitrogen and oxygen atoms in total. The van der Waals surface area contributed by atoms with Crippen LogP contribution < -0.4 is 14.8 Å². The number of aromatic nitrogens is 1. The summed E-state index contributed by atoms with van der Waals surface area (Å²) in [5, 5.41) is 3.72. The third-order valence-corrected chi connectivity index (χ3v) is 5.31. The van der Waals surface area contributed by atoms with E-state index in [1.54, 1.807) is 18.3 Å². The molecule has 0 aliphatic heterocycles. The SMILES string of the molecule is CCOc1cc(CNCc2cccnc2)c(Br)cc1OCc1c(F)cccc1Cl. The van der Waals surface area contributed by atoms with Gasteiger partial charge in [-0.05, 0) is 48.4 Å². The third kappa shape index (κ3) is 5.92. The van der Waals surface area contributed by atoms with Gasteiger partial charge in [-0.1, -0.05) is 39.7 Å². The van der Waals surface area contributed by atoms with E-state index in [0.717, 1.165) is 15.6 Å². The molecule has 0 spiro atoms. The van der Waals surface area contributed by atoms with E-state index in [0.29, 0.717) is 41.8 Å². The lowest BCUT2D eigenvalue weighted by Gasteiger charge is -2.16. The lowest BCUT2D eigenvalue weighted by molar-refractivity contribution is 0.265. The number of rotatable bonds is 9. The van der Waals surface area contributed by atoms with Gasteiger partial charge in [0, 0.05) is 35.5 Å². The van der Waals surface area contributed by atoms with Crippen LogP contribution in [0.1, 0.15) is 23.6 Å². The molecule has 0 fully saturated rings. The Morgan fingerprint density at radius 1 is 1.10 bits per heavy atom. The topological polar surface area (TPSA) is 43.4 Å². The van der Waals surface area contributed by atoms with Gasteiger partial charge in [-0.25, -0.2) is 4.39 Å². The first-order valence-corrected chi connectivity index (χ1v) is 10.4. The van der Waals surface area contributed by atoms with Crippen molar-refractivity contribution in [3.63, 3.8) is 0 Å². The standard InChI is InChI=1S/C22H21BrClFN2O2/c1-2-28-21-9-16(13-27-12-15-5-4-8-26-11-15)18(23)10-22(21)29-14-17-19(24)6-3-7-20(17)25/h3-11,27H,2,12-14H2,1H3. The van der Waals surface area contributed by atoms with E-state index in [4.69, 9.17) is 21.1 Å². The van der Waals surface area contributed by atoms with Crippen molar-refractivity contribution in [2.45, 2.75) is 26.6 Å². The van der Waals surface area contributed by atoms with Crippen LogP contribution in [-0.4, -0.2) is 11.6 Å². The minimum Gasteiger partial charge on any atom is -0.490 e. The van der Waals surface area contributed by atoms with Crippen molar-refractivity contribution >= 4 is 27.5 Å². The summed E-state index contributed by atoms with van der Waals surface area (Å²) in [6.07, 6.45) is 3.58. The molecule has 0 amide bonds. The number of halogens is 3. The molecule has 29 heavy (non-hydrogen) atoms. The van der Waals surface area contributed by atoms with Gasteiger partial charge in [0.25, 0.3) is 0 Å². The second kappa shape index (κ2) is 10.6. The number of ether oxygens (including phenoxy) is 2. The molecule has 0 bridgehead atoms. The predicted molar refractivity (Wildman–Crippen MR) is 116 cm³/mol. The van der Waals surface area contributed by atoms with E-state index in [-0.39, 0.29) is 6.61 Å². The minimum atomic E-state index is -0.397. The summed E-state index contributed by atoms with van der Waals surface area (Å²) in [7, 11) is 0. The largest absolute Gasteiger partial charge is 0.490 e. The average Bonchev–Trinajstić information content (AvgIpc) is 2.71. The fourth-order valence-corrected chi connectivity index (χ4v) is 3.44. The van der Waals surface area contributed by atoms with Crippen molar-refractivity contribution in [3.8, 4) is 11.5 Å². The maximum atomic E-state index is 14.0. The first-order chi connectivity index (χ1) is 14.1. The molecule has 3 rings (SSSR count). The van der Waals surface area contributed by atoms with Crippen molar-refractivity contribution in [1.29, 1.82) is 0 Å². The quantitative estimate of drug-likeness (QED) is 0.415. The maximum absolute atomic E-state index is 14.0. The van der Waals surface area contributed by atoms with Crippen molar-refractivity contribution in [3.05, 3.63) is 86.9 Å². The van der Waals surface area contributed by atoms with E-state index >= 15 is 0 Å². The van der Waals surface area contributed by atoms with Gasteiger partial charge in [0.2, 0.25) is 0 Å². The van der Waals surface area contributed by atoms with Gasteiger partial charge in [0.05, 0.1) is 11.6 Å². The molecule has 0 saturated heterocycles. The minimum absolute atomic E-state index is 0.0105. The zero-order valence-electron chi connectivity index (χ0n) is 15.9. The van der Waals surface area contributed by atoms with Gasteiger partial charge < -0.3 is 14.8 Å². The van der Waals surface area contributed by atoms with E-state index in [2.05, 4.69) is 26.2 Å². The zero-order valence-corrected chi connectivity index (χ0v) is 18.3. The number of nitrogens with zero attached hydrogens (tertiary/aromatic N) is 1.